The van der Waals surface area contributed by atoms with Gasteiger partial charge in [0.15, 0.2) is 5.54 Å². The Labute approximate surface area is 216 Å². The van der Waals surface area contributed by atoms with E-state index in [9.17, 15) is 37.2 Å². The topological polar surface area (TPSA) is 124 Å². The van der Waals surface area contributed by atoms with Crippen molar-refractivity contribution in [1.82, 2.24) is 20.9 Å². The Balaban J connectivity index is 1.61. The number of nitriles is 1. The molecule has 2 aliphatic carbocycles. The maximum absolute atomic E-state index is 14.8. The number of aromatic nitrogens is 1. The van der Waals surface area contributed by atoms with Gasteiger partial charge in [-0.15, -0.1) is 0 Å². The summed E-state index contributed by atoms with van der Waals surface area (Å²) in [5.74, 6) is -4.27. The second-order valence-electron chi connectivity index (χ2n) is 11.1. The molecule has 0 spiro atoms. The van der Waals surface area contributed by atoms with Gasteiger partial charge in [-0.25, -0.2) is 4.39 Å². The molecule has 2 unspecified atom stereocenters. The lowest BCUT2D eigenvalue weighted by molar-refractivity contribution is -0.175. The van der Waals surface area contributed by atoms with Gasteiger partial charge in [-0.2, -0.15) is 18.4 Å². The van der Waals surface area contributed by atoms with Gasteiger partial charge in [0.25, 0.3) is 0 Å². The standard InChI is InChI=1S/C26H27F4N5O3/c1-23(2,3)19(34-22(38)26(28,29)30)21(37)33-17(10-24(27)7-8-24)20(36)35-25(13-31)9-14-5-4-6-15-11-32-12-16(25)18(14)15/h4-6,11-12,17,19H,7-10H2,1-3H3,(H,33,37)(H,34,38)(H,35,36)/t17-,19?,25?/m0/s1. The van der Waals surface area contributed by atoms with Crippen LogP contribution in [0.2, 0.25) is 0 Å². The fourth-order valence-electron chi connectivity index (χ4n) is 4.76. The Bertz CT molecular complexity index is 1340. The summed E-state index contributed by atoms with van der Waals surface area (Å²) in [5, 5.41) is 18.4. The van der Waals surface area contributed by atoms with Gasteiger partial charge in [0.1, 0.15) is 17.8 Å². The number of nitrogens with zero attached hydrogens (tertiary/aromatic N) is 2. The third kappa shape index (κ3) is 5.28. The highest BCUT2D eigenvalue weighted by Crippen LogP contribution is 2.44. The lowest BCUT2D eigenvalue weighted by atomic mass is 9.85. The summed E-state index contributed by atoms with van der Waals surface area (Å²) in [5.41, 5.74) is -3.20. The molecule has 2 aliphatic rings. The van der Waals surface area contributed by atoms with Crippen LogP contribution < -0.4 is 16.0 Å². The van der Waals surface area contributed by atoms with Gasteiger partial charge in [0.2, 0.25) is 11.8 Å². The number of carbonyl (C=O) groups is 3. The zero-order valence-corrected chi connectivity index (χ0v) is 21.0. The monoisotopic (exact) mass is 533 g/mol. The van der Waals surface area contributed by atoms with Gasteiger partial charge in [0.05, 0.1) is 6.07 Å². The zero-order chi connectivity index (χ0) is 28.1. The second-order valence-corrected chi connectivity index (χ2v) is 11.1. The quantitative estimate of drug-likeness (QED) is 0.472. The minimum absolute atomic E-state index is 0.112. The molecule has 2 aromatic rings. The fourth-order valence-corrected chi connectivity index (χ4v) is 4.76. The van der Waals surface area contributed by atoms with Crippen LogP contribution in [0.25, 0.3) is 10.8 Å². The lowest BCUT2D eigenvalue weighted by Gasteiger charge is -2.33. The highest BCUT2D eigenvalue weighted by Gasteiger charge is 2.50. The van der Waals surface area contributed by atoms with Gasteiger partial charge < -0.3 is 16.0 Å². The molecule has 1 saturated carbocycles. The number of rotatable bonds is 7. The largest absolute Gasteiger partial charge is 0.471 e. The number of alkyl halides is 4. The van der Waals surface area contributed by atoms with Crippen molar-refractivity contribution in [1.29, 1.82) is 5.26 Å². The maximum atomic E-state index is 14.8. The Morgan fingerprint density at radius 1 is 1.11 bits per heavy atom. The molecule has 0 aliphatic heterocycles. The van der Waals surface area contributed by atoms with Crippen molar-refractivity contribution < 1.29 is 31.9 Å². The molecule has 202 valence electrons. The van der Waals surface area contributed by atoms with E-state index >= 15 is 0 Å². The first kappa shape index (κ1) is 27.3. The van der Waals surface area contributed by atoms with Gasteiger partial charge in [-0.05, 0) is 29.2 Å². The van der Waals surface area contributed by atoms with Crippen molar-refractivity contribution in [3.05, 3.63) is 41.7 Å². The molecule has 3 atom stereocenters. The van der Waals surface area contributed by atoms with Crippen LogP contribution in [0.15, 0.2) is 30.6 Å². The minimum atomic E-state index is -5.23. The third-order valence-corrected chi connectivity index (χ3v) is 6.97. The number of nitrogens with one attached hydrogen (secondary N) is 3. The predicted octanol–water partition coefficient (Wildman–Crippen LogP) is 3.10. The highest BCUT2D eigenvalue weighted by atomic mass is 19.4. The smallest absolute Gasteiger partial charge is 0.342 e. The number of halogens is 4. The molecule has 0 radical (unpaired) electrons. The van der Waals surface area contributed by atoms with Crippen LogP contribution in [-0.4, -0.2) is 46.6 Å². The molecule has 12 heteroatoms. The summed E-state index contributed by atoms with van der Waals surface area (Å²) < 4.78 is 53.5. The summed E-state index contributed by atoms with van der Waals surface area (Å²) >= 11 is 0. The average molecular weight is 534 g/mol. The molecule has 4 rings (SSSR count). The van der Waals surface area contributed by atoms with E-state index in [0.717, 1.165) is 16.3 Å². The van der Waals surface area contributed by atoms with E-state index in [1.165, 1.54) is 27.0 Å². The van der Waals surface area contributed by atoms with Crippen LogP contribution in [0, 0.1) is 16.7 Å². The number of amides is 3. The van der Waals surface area contributed by atoms with Crippen LogP contribution in [0.5, 0.6) is 0 Å². The van der Waals surface area contributed by atoms with Crippen LogP contribution in [0.4, 0.5) is 17.6 Å². The first-order chi connectivity index (χ1) is 17.6. The number of pyridine rings is 1. The van der Waals surface area contributed by atoms with Crippen LogP contribution in [0.3, 0.4) is 0 Å². The lowest BCUT2D eigenvalue weighted by Crippen LogP contribution is -2.61. The molecule has 3 amide bonds. The van der Waals surface area contributed by atoms with E-state index in [0.29, 0.717) is 5.56 Å². The normalized spacial score (nSPS) is 21.2. The van der Waals surface area contributed by atoms with E-state index in [1.807, 2.05) is 12.1 Å². The summed E-state index contributed by atoms with van der Waals surface area (Å²) in [6, 6.07) is 4.36. The van der Waals surface area contributed by atoms with Crippen molar-refractivity contribution in [2.45, 2.75) is 75.9 Å². The van der Waals surface area contributed by atoms with Crippen molar-refractivity contribution in [2.75, 3.05) is 0 Å². The molecule has 1 heterocycles. The van der Waals surface area contributed by atoms with E-state index < -0.39 is 59.0 Å². The van der Waals surface area contributed by atoms with E-state index in [4.69, 9.17) is 0 Å². The molecule has 1 aromatic heterocycles. The number of hydrogen-bond acceptors (Lipinski definition) is 5. The van der Waals surface area contributed by atoms with Crippen LogP contribution in [-0.2, 0) is 26.3 Å². The Hall–Kier alpha value is -3.75. The van der Waals surface area contributed by atoms with Crippen LogP contribution >= 0.6 is 0 Å². The van der Waals surface area contributed by atoms with E-state index in [-0.39, 0.29) is 19.3 Å². The van der Waals surface area contributed by atoms with Gasteiger partial charge in [-0.3, -0.25) is 19.4 Å². The molecule has 8 nitrogen and oxygen atoms in total. The average Bonchev–Trinajstić information content (AvgIpc) is 3.47. The summed E-state index contributed by atoms with van der Waals surface area (Å²) in [4.78, 5) is 42.4. The molecular weight excluding hydrogens is 506 g/mol. The van der Waals surface area contributed by atoms with Crippen molar-refractivity contribution in [2.24, 2.45) is 5.41 Å². The SMILES string of the molecule is CC(C)(C)C(NC(=O)C(F)(F)F)C(=O)N[C@@H](CC1(F)CC1)C(=O)NC1(C#N)Cc2cccc3cncc1c23. The molecular formula is C26H27F4N5O3. The molecule has 0 bridgehead atoms. The highest BCUT2D eigenvalue weighted by molar-refractivity contribution is 5.96. The second kappa shape index (κ2) is 9.22. The Kier molecular flexibility index (Phi) is 6.62. The Morgan fingerprint density at radius 2 is 1.79 bits per heavy atom. The van der Waals surface area contributed by atoms with E-state index in [1.54, 1.807) is 17.6 Å². The summed E-state index contributed by atoms with van der Waals surface area (Å²) in [6.45, 7) is 4.32. The predicted molar refractivity (Wildman–Crippen MR) is 128 cm³/mol. The van der Waals surface area contributed by atoms with Gasteiger partial charge in [-0.1, -0.05) is 39.0 Å². The minimum Gasteiger partial charge on any atom is -0.342 e. The van der Waals surface area contributed by atoms with Crippen LogP contribution in [0.1, 0.15) is 51.2 Å². The molecule has 1 aromatic carbocycles. The number of hydrogen-bond donors (Lipinski definition) is 3. The fraction of sp³-hybridized carbons (Fsp3) is 0.500. The van der Waals surface area contributed by atoms with Crippen molar-refractivity contribution in [3.63, 3.8) is 0 Å². The molecule has 0 saturated heterocycles. The summed E-state index contributed by atoms with van der Waals surface area (Å²) in [7, 11) is 0. The zero-order valence-electron chi connectivity index (χ0n) is 21.0. The van der Waals surface area contributed by atoms with Gasteiger partial charge in [0, 0.05) is 36.2 Å². The van der Waals surface area contributed by atoms with Gasteiger partial charge >= 0.3 is 12.1 Å². The van der Waals surface area contributed by atoms with Crippen molar-refractivity contribution >= 4 is 28.5 Å². The first-order valence-electron chi connectivity index (χ1n) is 12.0. The molecule has 3 N–H and O–H groups in total. The Morgan fingerprint density at radius 3 is 2.37 bits per heavy atom. The molecule has 38 heavy (non-hydrogen) atoms. The number of carbonyl (C=O) groups excluding carboxylic acids is 3. The number of benzene rings is 1. The maximum Gasteiger partial charge on any atom is 0.471 e. The van der Waals surface area contributed by atoms with E-state index in [2.05, 4.69) is 21.7 Å². The molecule has 1 fully saturated rings. The summed E-state index contributed by atoms with van der Waals surface area (Å²) in [6.07, 6.45) is -2.16. The van der Waals surface area contributed by atoms with Crippen molar-refractivity contribution in [3.8, 4) is 6.07 Å². The first-order valence-corrected chi connectivity index (χ1v) is 12.0. The third-order valence-electron chi connectivity index (χ3n) is 6.97.